The van der Waals surface area contributed by atoms with E-state index >= 15 is 0 Å². The lowest BCUT2D eigenvalue weighted by Crippen LogP contribution is -2.32. The zero-order valence-electron chi connectivity index (χ0n) is 15.7. The Morgan fingerprint density at radius 1 is 0.760 bits per heavy atom. The van der Waals surface area contributed by atoms with Crippen molar-refractivity contribution >= 4 is 11.9 Å². The van der Waals surface area contributed by atoms with Gasteiger partial charge >= 0.3 is 5.97 Å². The van der Waals surface area contributed by atoms with Crippen LogP contribution in [0.1, 0.15) is 33.6 Å². The predicted molar refractivity (Wildman–Crippen MR) is 92.6 cm³/mol. The fourth-order valence-electron chi connectivity index (χ4n) is 1.54. The molecule has 2 N–H and O–H groups in total. The van der Waals surface area contributed by atoms with Gasteiger partial charge in [0.05, 0.1) is 59.3 Å². The van der Waals surface area contributed by atoms with Gasteiger partial charge in [0.15, 0.2) is 0 Å². The molecule has 25 heavy (non-hydrogen) atoms. The summed E-state index contributed by atoms with van der Waals surface area (Å²) in [6.45, 7) is 9.97. The van der Waals surface area contributed by atoms with E-state index in [0.717, 1.165) is 0 Å². The molecule has 0 aliphatic carbocycles. The Morgan fingerprint density at radius 3 is 1.56 bits per heavy atom. The summed E-state index contributed by atoms with van der Waals surface area (Å²) in [5.74, 6) is -0.878. The molecule has 0 saturated heterocycles. The highest BCUT2D eigenvalue weighted by Crippen LogP contribution is 2.10. The molecule has 0 radical (unpaired) electrons. The molecule has 8 nitrogen and oxygen atoms in total. The molecule has 0 aromatic rings. The molecule has 0 spiro atoms. The quantitative estimate of drug-likeness (QED) is 0.396. The van der Waals surface area contributed by atoms with Gasteiger partial charge in [0.25, 0.3) is 0 Å². The van der Waals surface area contributed by atoms with Crippen molar-refractivity contribution < 1.29 is 33.6 Å². The normalized spacial score (nSPS) is 11.5. The molecule has 0 aliphatic heterocycles. The molecular weight excluding hydrogens is 330 g/mol. The third-order valence-corrected chi connectivity index (χ3v) is 2.87. The largest absolute Gasteiger partial charge is 0.481 e. The number of carboxylic acid groups (broad SMARTS) is 1. The first-order chi connectivity index (χ1) is 11.8. The molecule has 0 rings (SSSR count). The van der Waals surface area contributed by atoms with E-state index in [1.807, 2.05) is 0 Å². The minimum Gasteiger partial charge on any atom is -0.481 e. The van der Waals surface area contributed by atoms with Crippen LogP contribution < -0.4 is 5.32 Å². The lowest BCUT2D eigenvalue weighted by Gasteiger charge is -2.18. The second-order valence-electron chi connectivity index (χ2n) is 6.68. The maximum atomic E-state index is 11.5. The van der Waals surface area contributed by atoms with Crippen molar-refractivity contribution in [2.75, 3.05) is 59.4 Å². The summed E-state index contributed by atoms with van der Waals surface area (Å²) in [6, 6.07) is 0. The van der Waals surface area contributed by atoms with Gasteiger partial charge in [0.2, 0.25) is 5.91 Å². The van der Waals surface area contributed by atoms with Crippen molar-refractivity contribution in [3.63, 3.8) is 0 Å². The van der Waals surface area contributed by atoms with Gasteiger partial charge in [-0.3, -0.25) is 9.59 Å². The van der Waals surface area contributed by atoms with Crippen LogP contribution in [0.3, 0.4) is 0 Å². The lowest BCUT2D eigenvalue weighted by atomic mass is 9.97. The molecule has 0 unspecified atom stereocenters. The predicted octanol–water partition coefficient (Wildman–Crippen LogP) is 1.08. The summed E-state index contributed by atoms with van der Waals surface area (Å²) in [6.07, 6.45) is 0.350. The Balaban J connectivity index is 3.19. The summed E-state index contributed by atoms with van der Waals surface area (Å²) < 4.78 is 21.0. The van der Waals surface area contributed by atoms with Crippen LogP contribution in [0, 0.1) is 5.41 Å². The first-order valence-electron chi connectivity index (χ1n) is 8.61. The minimum absolute atomic E-state index is 0.00135. The minimum atomic E-state index is -0.873. The van der Waals surface area contributed by atoms with E-state index in [9.17, 15) is 9.59 Å². The Bertz CT molecular complexity index is 355. The summed E-state index contributed by atoms with van der Waals surface area (Å²) in [5.41, 5.74) is 0.0804. The number of hydrogen-bond donors (Lipinski definition) is 2. The topological polar surface area (TPSA) is 103 Å². The first kappa shape index (κ1) is 23.8. The van der Waals surface area contributed by atoms with Gasteiger partial charge in [-0.1, -0.05) is 20.8 Å². The number of aliphatic carboxylic acids is 1. The van der Waals surface area contributed by atoms with E-state index in [-0.39, 0.29) is 24.3 Å². The summed E-state index contributed by atoms with van der Waals surface area (Å²) in [5, 5.41) is 11.3. The van der Waals surface area contributed by atoms with Crippen LogP contribution in [-0.4, -0.2) is 76.4 Å². The molecule has 0 saturated carbocycles. The summed E-state index contributed by atoms with van der Waals surface area (Å²) in [4.78, 5) is 21.8. The number of hydrogen-bond acceptors (Lipinski definition) is 6. The Kier molecular flexibility index (Phi) is 14.3. The molecular formula is C17H33NO7. The smallest absolute Gasteiger partial charge is 0.305 e. The molecule has 8 heteroatoms. The van der Waals surface area contributed by atoms with Gasteiger partial charge in [0.1, 0.15) is 0 Å². The number of rotatable bonds is 16. The van der Waals surface area contributed by atoms with Gasteiger partial charge < -0.3 is 29.4 Å². The highest BCUT2D eigenvalue weighted by molar-refractivity contribution is 5.75. The van der Waals surface area contributed by atoms with E-state index < -0.39 is 5.97 Å². The third-order valence-electron chi connectivity index (χ3n) is 2.87. The highest BCUT2D eigenvalue weighted by Gasteiger charge is 2.11. The molecule has 0 aromatic carbocycles. The van der Waals surface area contributed by atoms with Crippen molar-refractivity contribution in [1.29, 1.82) is 0 Å². The van der Waals surface area contributed by atoms with E-state index in [2.05, 4.69) is 26.1 Å². The van der Waals surface area contributed by atoms with Gasteiger partial charge in [0, 0.05) is 13.0 Å². The molecule has 0 atom stereocenters. The number of amides is 1. The van der Waals surface area contributed by atoms with Crippen LogP contribution in [0.25, 0.3) is 0 Å². The maximum Gasteiger partial charge on any atom is 0.305 e. The Hall–Kier alpha value is -1.22. The van der Waals surface area contributed by atoms with Gasteiger partial charge in [-0.25, -0.2) is 0 Å². The number of carbonyl (C=O) groups is 2. The van der Waals surface area contributed by atoms with Crippen LogP contribution in [0.15, 0.2) is 0 Å². The van der Waals surface area contributed by atoms with Crippen LogP contribution in [0.5, 0.6) is 0 Å². The Morgan fingerprint density at radius 2 is 1.16 bits per heavy atom. The molecule has 1 amide bonds. The lowest BCUT2D eigenvalue weighted by molar-refractivity contribution is -0.138. The number of carbonyl (C=O) groups excluding carboxylic acids is 1. The zero-order chi connectivity index (χ0) is 19.0. The van der Waals surface area contributed by atoms with E-state index in [0.29, 0.717) is 59.2 Å². The van der Waals surface area contributed by atoms with E-state index in [4.69, 9.17) is 24.1 Å². The molecule has 0 aromatic heterocycles. The van der Waals surface area contributed by atoms with Crippen molar-refractivity contribution in [3.05, 3.63) is 0 Å². The first-order valence-corrected chi connectivity index (χ1v) is 8.61. The molecule has 0 bridgehead atoms. The number of carboxylic acids is 1. The second-order valence-corrected chi connectivity index (χ2v) is 6.68. The maximum absolute atomic E-state index is 11.5. The van der Waals surface area contributed by atoms with Crippen LogP contribution in [0.2, 0.25) is 0 Å². The van der Waals surface area contributed by atoms with Crippen molar-refractivity contribution in [2.45, 2.75) is 33.6 Å². The Labute approximate surface area is 150 Å². The summed E-state index contributed by atoms with van der Waals surface area (Å²) >= 11 is 0. The van der Waals surface area contributed by atoms with Crippen LogP contribution >= 0.6 is 0 Å². The van der Waals surface area contributed by atoms with Crippen molar-refractivity contribution in [1.82, 2.24) is 5.32 Å². The van der Waals surface area contributed by atoms with E-state index in [1.54, 1.807) is 0 Å². The zero-order valence-corrected chi connectivity index (χ0v) is 15.7. The standard InChI is InChI=1S/C17H33NO7/c1-17(2,3)14-18-15(19)4-6-22-8-10-24-12-13-25-11-9-23-7-5-16(20)21/h4-14H2,1-3H3,(H,18,19)(H,20,21). The molecule has 0 fully saturated rings. The van der Waals surface area contributed by atoms with Crippen LogP contribution in [-0.2, 0) is 28.5 Å². The third kappa shape index (κ3) is 20.7. The second kappa shape index (κ2) is 15.1. The van der Waals surface area contributed by atoms with E-state index in [1.165, 1.54) is 0 Å². The van der Waals surface area contributed by atoms with Crippen molar-refractivity contribution in [3.8, 4) is 0 Å². The van der Waals surface area contributed by atoms with Crippen molar-refractivity contribution in [2.24, 2.45) is 5.41 Å². The fraction of sp³-hybridized carbons (Fsp3) is 0.882. The van der Waals surface area contributed by atoms with Crippen LogP contribution in [0.4, 0.5) is 0 Å². The summed E-state index contributed by atoms with van der Waals surface area (Å²) in [7, 11) is 0. The molecule has 0 aliphatic rings. The van der Waals surface area contributed by atoms with Gasteiger partial charge in [-0.2, -0.15) is 0 Å². The van der Waals surface area contributed by atoms with Gasteiger partial charge in [-0.05, 0) is 5.41 Å². The SMILES string of the molecule is CC(C)(C)CNC(=O)CCOCCOCCOCCOCCC(=O)O. The average molecular weight is 363 g/mol. The highest BCUT2D eigenvalue weighted by atomic mass is 16.6. The fourth-order valence-corrected chi connectivity index (χ4v) is 1.54. The number of nitrogens with one attached hydrogen (secondary N) is 1. The molecule has 0 heterocycles. The number of ether oxygens (including phenoxy) is 4. The monoisotopic (exact) mass is 363 g/mol. The average Bonchev–Trinajstić information content (AvgIpc) is 2.52. The molecule has 148 valence electrons. The van der Waals surface area contributed by atoms with Gasteiger partial charge in [-0.15, -0.1) is 0 Å².